The molecule has 1 amide bonds. The minimum absolute atomic E-state index is 0.103. The van der Waals surface area contributed by atoms with Gasteiger partial charge in [-0.25, -0.2) is 0 Å². The monoisotopic (exact) mass is 373 g/mol. The van der Waals surface area contributed by atoms with Crippen LogP contribution in [0.4, 0.5) is 0 Å². The molecule has 7 heteroatoms. The van der Waals surface area contributed by atoms with Crippen LogP contribution in [0.3, 0.4) is 0 Å². The van der Waals surface area contributed by atoms with Crippen molar-refractivity contribution >= 4 is 17.2 Å². The number of carbonyl (C=O) groups excluding carboxylic acids is 1. The SMILES string of the molecule is CCNC(=O)c1nnc2n1CC1(CC2)CCN(Cc2ccc(C)s2)CC1. The van der Waals surface area contributed by atoms with Crippen molar-refractivity contribution in [3.8, 4) is 0 Å². The van der Waals surface area contributed by atoms with Crippen LogP contribution in [0.25, 0.3) is 0 Å². The largest absolute Gasteiger partial charge is 0.350 e. The van der Waals surface area contributed by atoms with Crippen molar-refractivity contribution in [1.29, 1.82) is 0 Å². The van der Waals surface area contributed by atoms with E-state index in [0.29, 0.717) is 17.8 Å². The van der Waals surface area contributed by atoms with Crippen LogP contribution in [0.2, 0.25) is 0 Å². The molecule has 4 heterocycles. The quantitative estimate of drug-likeness (QED) is 0.895. The van der Waals surface area contributed by atoms with Crippen molar-refractivity contribution in [3.63, 3.8) is 0 Å². The number of fused-ring (bicyclic) bond motifs is 1. The van der Waals surface area contributed by atoms with Gasteiger partial charge in [-0.2, -0.15) is 0 Å². The van der Waals surface area contributed by atoms with Crippen molar-refractivity contribution in [3.05, 3.63) is 33.5 Å². The van der Waals surface area contributed by atoms with E-state index in [-0.39, 0.29) is 5.91 Å². The van der Waals surface area contributed by atoms with Crippen LogP contribution in [-0.2, 0) is 19.5 Å². The first-order chi connectivity index (χ1) is 12.6. The highest BCUT2D eigenvalue weighted by Gasteiger charge is 2.39. The lowest BCUT2D eigenvalue weighted by Gasteiger charge is -2.44. The van der Waals surface area contributed by atoms with Gasteiger partial charge in [-0.3, -0.25) is 9.69 Å². The molecule has 0 aliphatic carbocycles. The lowest BCUT2D eigenvalue weighted by molar-refractivity contribution is 0.0623. The Balaban J connectivity index is 1.42. The first-order valence-electron chi connectivity index (χ1n) is 9.56. The minimum Gasteiger partial charge on any atom is -0.350 e. The third kappa shape index (κ3) is 3.42. The normalized spacial score (nSPS) is 19.5. The van der Waals surface area contributed by atoms with E-state index in [4.69, 9.17) is 0 Å². The summed E-state index contributed by atoms with van der Waals surface area (Å²) in [6, 6.07) is 4.47. The summed E-state index contributed by atoms with van der Waals surface area (Å²) in [5.74, 6) is 1.35. The number of amides is 1. The molecule has 0 unspecified atom stereocenters. The Labute approximate surface area is 158 Å². The third-order valence-electron chi connectivity index (χ3n) is 5.83. The van der Waals surface area contributed by atoms with E-state index in [2.05, 4.69) is 44.0 Å². The molecular weight excluding hydrogens is 346 g/mol. The summed E-state index contributed by atoms with van der Waals surface area (Å²) in [4.78, 5) is 17.7. The Morgan fingerprint density at radius 3 is 2.77 bits per heavy atom. The second-order valence-corrected chi connectivity index (χ2v) is 9.05. The molecule has 1 N–H and O–H groups in total. The van der Waals surface area contributed by atoms with Gasteiger partial charge in [0.05, 0.1) is 0 Å². The number of aromatic nitrogens is 3. The van der Waals surface area contributed by atoms with Crippen molar-refractivity contribution < 1.29 is 4.79 Å². The number of carbonyl (C=O) groups is 1. The summed E-state index contributed by atoms with van der Waals surface area (Å²) in [5, 5.41) is 11.3. The minimum atomic E-state index is -0.103. The fourth-order valence-corrected chi connectivity index (χ4v) is 5.20. The Morgan fingerprint density at radius 2 is 2.08 bits per heavy atom. The van der Waals surface area contributed by atoms with Gasteiger partial charge >= 0.3 is 0 Å². The molecule has 2 aromatic heterocycles. The molecule has 1 saturated heterocycles. The fourth-order valence-electron chi connectivity index (χ4n) is 4.27. The molecule has 2 aliphatic heterocycles. The summed E-state index contributed by atoms with van der Waals surface area (Å²) in [5.41, 5.74) is 0.290. The second kappa shape index (κ2) is 7.12. The smallest absolute Gasteiger partial charge is 0.289 e. The standard InChI is InChI=1S/C19H27N5OS/c1-3-20-18(25)17-22-21-16-6-7-19(13-24(16)17)8-10-23(11-9-19)12-15-5-4-14(2)26-15/h4-5H,3,6-13H2,1-2H3,(H,20,25). The lowest BCUT2D eigenvalue weighted by atomic mass is 9.73. The predicted octanol–water partition coefficient (Wildman–Crippen LogP) is 2.63. The number of nitrogens with one attached hydrogen (secondary N) is 1. The summed E-state index contributed by atoms with van der Waals surface area (Å²) in [7, 11) is 0. The zero-order valence-corrected chi connectivity index (χ0v) is 16.4. The van der Waals surface area contributed by atoms with E-state index in [9.17, 15) is 4.79 Å². The van der Waals surface area contributed by atoms with Crippen LogP contribution >= 0.6 is 11.3 Å². The number of aryl methyl sites for hydroxylation is 2. The second-order valence-electron chi connectivity index (χ2n) is 7.67. The maximum Gasteiger partial charge on any atom is 0.289 e. The Bertz CT molecular complexity index is 788. The van der Waals surface area contributed by atoms with Gasteiger partial charge in [0.25, 0.3) is 5.91 Å². The van der Waals surface area contributed by atoms with Crippen LogP contribution in [-0.4, -0.2) is 45.2 Å². The molecule has 2 aliphatic rings. The van der Waals surface area contributed by atoms with Crippen molar-refractivity contribution in [2.45, 2.75) is 52.6 Å². The van der Waals surface area contributed by atoms with Crippen molar-refractivity contribution in [2.75, 3.05) is 19.6 Å². The van der Waals surface area contributed by atoms with E-state index in [1.165, 1.54) is 22.6 Å². The van der Waals surface area contributed by atoms with E-state index in [0.717, 1.165) is 44.8 Å². The highest BCUT2D eigenvalue weighted by atomic mass is 32.1. The maximum absolute atomic E-state index is 12.3. The molecule has 1 spiro atoms. The molecule has 0 saturated carbocycles. The van der Waals surface area contributed by atoms with Gasteiger partial charge < -0.3 is 9.88 Å². The summed E-state index contributed by atoms with van der Waals surface area (Å²) >= 11 is 1.90. The van der Waals surface area contributed by atoms with Gasteiger partial charge in [0.15, 0.2) is 0 Å². The Hall–Kier alpha value is -1.73. The zero-order chi connectivity index (χ0) is 18.1. The van der Waals surface area contributed by atoms with Crippen molar-refractivity contribution in [2.24, 2.45) is 5.41 Å². The van der Waals surface area contributed by atoms with Crippen LogP contribution in [0, 0.1) is 12.3 Å². The molecule has 0 aromatic carbocycles. The van der Waals surface area contributed by atoms with Gasteiger partial charge in [-0.15, -0.1) is 21.5 Å². The average molecular weight is 374 g/mol. The first kappa shape index (κ1) is 17.7. The van der Waals surface area contributed by atoms with Gasteiger partial charge in [0.1, 0.15) is 5.82 Å². The average Bonchev–Trinajstić information content (AvgIpc) is 3.23. The first-order valence-corrected chi connectivity index (χ1v) is 10.4. The molecule has 140 valence electrons. The molecule has 0 bridgehead atoms. The number of nitrogens with zero attached hydrogens (tertiary/aromatic N) is 4. The summed E-state index contributed by atoms with van der Waals surface area (Å²) in [6.07, 6.45) is 4.45. The van der Waals surface area contributed by atoms with Gasteiger partial charge in [-0.05, 0) is 63.7 Å². The van der Waals surface area contributed by atoms with Crippen molar-refractivity contribution in [1.82, 2.24) is 25.0 Å². The number of rotatable bonds is 4. The van der Waals surface area contributed by atoms with E-state index >= 15 is 0 Å². The number of piperidine rings is 1. The molecule has 0 radical (unpaired) electrons. The van der Waals surface area contributed by atoms with Gasteiger partial charge in [-0.1, -0.05) is 0 Å². The lowest BCUT2D eigenvalue weighted by Crippen LogP contribution is -2.44. The highest BCUT2D eigenvalue weighted by molar-refractivity contribution is 7.11. The predicted molar refractivity (Wildman–Crippen MR) is 102 cm³/mol. The molecule has 1 fully saturated rings. The Morgan fingerprint density at radius 1 is 1.27 bits per heavy atom. The molecule has 2 aromatic rings. The third-order valence-corrected chi connectivity index (χ3v) is 6.82. The van der Waals surface area contributed by atoms with E-state index in [1.807, 2.05) is 18.3 Å². The number of likely N-dealkylation sites (tertiary alicyclic amines) is 1. The molecule has 6 nitrogen and oxygen atoms in total. The maximum atomic E-state index is 12.3. The number of hydrogen-bond donors (Lipinski definition) is 1. The van der Waals surface area contributed by atoms with Gasteiger partial charge in [0, 0.05) is 35.8 Å². The van der Waals surface area contributed by atoms with Crippen LogP contribution < -0.4 is 5.32 Å². The molecule has 26 heavy (non-hydrogen) atoms. The van der Waals surface area contributed by atoms with Crippen LogP contribution in [0.1, 0.15) is 52.4 Å². The van der Waals surface area contributed by atoms with E-state index in [1.54, 1.807) is 0 Å². The fraction of sp³-hybridized carbons (Fsp3) is 0.632. The number of hydrogen-bond acceptors (Lipinski definition) is 5. The van der Waals surface area contributed by atoms with Crippen LogP contribution in [0.5, 0.6) is 0 Å². The topological polar surface area (TPSA) is 63.1 Å². The summed E-state index contributed by atoms with van der Waals surface area (Å²) in [6.45, 7) is 8.92. The van der Waals surface area contributed by atoms with Crippen LogP contribution in [0.15, 0.2) is 12.1 Å². The molecular formula is C19H27N5OS. The molecule has 0 atom stereocenters. The zero-order valence-electron chi connectivity index (χ0n) is 15.6. The molecule has 4 rings (SSSR count). The highest BCUT2D eigenvalue weighted by Crippen LogP contribution is 2.41. The summed E-state index contributed by atoms with van der Waals surface area (Å²) < 4.78 is 2.08. The Kier molecular flexibility index (Phi) is 4.84. The van der Waals surface area contributed by atoms with E-state index < -0.39 is 0 Å². The van der Waals surface area contributed by atoms with Gasteiger partial charge in [0.2, 0.25) is 5.82 Å². The number of thiophene rings is 1.